The summed E-state index contributed by atoms with van der Waals surface area (Å²) in [6, 6.07) is 1.54. The zero-order valence-corrected chi connectivity index (χ0v) is 7.79. The second kappa shape index (κ2) is 3.84. The molecule has 0 radical (unpaired) electrons. The number of esters is 1. The lowest BCUT2D eigenvalue weighted by Gasteiger charge is -2.03. The summed E-state index contributed by atoms with van der Waals surface area (Å²) in [5.41, 5.74) is 0.263. The molecular weight excluding hydrogens is 170 g/mol. The summed E-state index contributed by atoms with van der Waals surface area (Å²) in [4.78, 5) is 19.1. The Balaban J connectivity index is 3.08. The smallest absolute Gasteiger partial charge is 0.356 e. The standard InChI is InChI=1S/C8H11N3O2/c1-5-10-6(8(12)13-3)4-7(9-2)11-5/h4H,1-3H3,(H,9,10,11). The van der Waals surface area contributed by atoms with E-state index in [0.29, 0.717) is 11.6 Å². The molecule has 0 saturated carbocycles. The zero-order chi connectivity index (χ0) is 9.84. The van der Waals surface area contributed by atoms with Gasteiger partial charge in [0.05, 0.1) is 7.11 Å². The van der Waals surface area contributed by atoms with Crippen LogP contribution in [0.3, 0.4) is 0 Å². The Labute approximate surface area is 76.2 Å². The second-order valence-electron chi connectivity index (χ2n) is 2.43. The van der Waals surface area contributed by atoms with Gasteiger partial charge in [0.15, 0.2) is 5.69 Å². The second-order valence-corrected chi connectivity index (χ2v) is 2.43. The van der Waals surface area contributed by atoms with Gasteiger partial charge in [-0.2, -0.15) is 0 Å². The first kappa shape index (κ1) is 9.44. The first-order chi connectivity index (χ1) is 6.17. The van der Waals surface area contributed by atoms with Gasteiger partial charge in [-0.05, 0) is 6.92 Å². The van der Waals surface area contributed by atoms with Crippen LogP contribution < -0.4 is 5.32 Å². The van der Waals surface area contributed by atoms with E-state index >= 15 is 0 Å². The third-order valence-electron chi connectivity index (χ3n) is 1.49. The average molecular weight is 181 g/mol. The molecule has 0 atom stereocenters. The third kappa shape index (κ3) is 2.14. The van der Waals surface area contributed by atoms with Gasteiger partial charge in [-0.1, -0.05) is 0 Å². The van der Waals surface area contributed by atoms with Crippen molar-refractivity contribution >= 4 is 11.8 Å². The van der Waals surface area contributed by atoms with Crippen molar-refractivity contribution in [3.05, 3.63) is 17.6 Å². The summed E-state index contributed by atoms with van der Waals surface area (Å²) >= 11 is 0. The van der Waals surface area contributed by atoms with Crippen molar-refractivity contribution < 1.29 is 9.53 Å². The van der Waals surface area contributed by atoms with E-state index in [1.807, 2.05) is 0 Å². The molecule has 0 aliphatic carbocycles. The number of nitrogens with one attached hydrogen (secondary N) is 1. The fourth-order valence-corrected chi connectivity index (χ4v) is 0.905. The first-order valence-electron chi connectivity index (χ1n) is 3.79. The van der Waals surface area contributed by atoms with Crippen LogP contribution in [0.5, 0.6) is 0 Å². The molecule has 70 valence electrons. The number of aryl methyl sites for hydroxylation is 1. The lowest BCUT2D eigenvalue weighted by Crippen LogP contribution is -2.08. The largest absolute Gasteiger partial charge is 0.464 e. The highest BCUT2D eigenvalue weighted by molar-refractivity contribution is 5.87. The molecular formula is C8H11N3O2. The highest BCUT2D eigenvalue weighted by Gasteiger charge is 2.09. The number of carbonyl (C=O) groups excluding carboxylic acids is 1. The maximum atomic E-state index is 11.1. The van der Waals surface area contributed by atoms with Gasteiger partial charge in [-0.15, -0.1) is 0 Å². The summed E-state index contributed by atoms with van der Waals surface area (Å²) in [7, 11) is 3.04. The number of carbonyl (C=O) groups is 1. The molecule has 1 N–H and O–H groups in total. The van der Waals surface area contributed by atoms with Gasteiger partial charge < -0.3 is 10.1 Å². The average Bonchev–Trinajstić information content (AvgIpc) is 2.15. The molecule has 1 aromatic heterocycles. The van der Waals surface area contributed by atoms with Crippen molar-refractivity contribution in [2.75, 3.05) is 19.5 Å². The Bertz CT molecular complexity index is 325. The number of rotatable bonds is 2. The van der Waals surface area contributed by atoms with Gasteiger partial charge in [-0.25, -0.2) is 14.8 Å². The van der Waals surface area contributed by atoms with Crippen molar-refractivity contribution in [1.82, 2.24) is 9.97 Å². The molecule has 0 aliphatic rings. The highest BCUT2D eigenvalue weighted by atomic mass is 16.5. The number of nitrogens with zero attached hydrogens (tertiary/aromatic N) is 2. The molecule has 0 spiro atoms. The minimum Gasteiger partial charge on any atom is -0.464 e. The van der Waals surface area contributed by atoms with Crippen LogP contribution in [0.1, 0.15) is 16.3 Å². The maximum Gasteiger partial charge on any atom is 0.356 e. The topological polar surface area (TPSA) is 64.1 Å². The van der Waals surface area contributed by atoms with E-state index in [1.54, 1.807) is 20.0 Å². The van der Waals surface area contributed by atoms with Crippen LogP contribution >= 0.6 is 0 Å². The van der Waals surface area contributed by atoms with E-state index in [0.717, 1.165) is 0 Å². The third-order valence-corrected chi connectivity index (χ3v) is 1.49. The summed E-state index contributed by atoms with van der Waals surface area (Å²) in [6.07, 6.45) is 0. The molecule has 0 aromatic carbocycles. The summed E-state index contributed by atoms with van der Waals surface area (Å²) < 4.78 is 4.53. The molecule has 0 aliphatic heterocycles. The molecule has 13 heavy (non-hydrogen) atoms. The first-order valence-corrected chi connectivity index (χ1v) is 3.79. The van der Waals surface area contributed by atoms with E-state index in [1.165, 1.54) is 7.11 Å². The molecule has 0 amide bonds. The van der Waals surface area contributed by atoms with Crippen molar-refractivity contribution in [1.29, 1.82) is 0 Å². The van der Waals surface area contributed by atoms with Crippen LogP contribution in [0.4, 0.5) is 5.82 Å². The monoisotopic (exact) mass is 181 g/mol. The van der Waals surface area contributed by atoms with Crippen LogP contribution in [0.15, 0.2) is 6.07 Å². The minimum absolute atomic E-state index is 0.263. The predicted molar refractivity (Wildman–Crippen MR) is 47.7 cm³/mol. The summed E-state index contributed by atoms with van der Waals surface area (Å²) in [5.74, 6) is 0.683. The highest BCUT2D eigenvalue weighted by Crippen LogP contribution is 2.06. The van der Waals surface area contributed by atoms with Gasteiger partial charge in [-0.3, -0.25) is 0 Å². The number of aromatic nitrogens is 2. The van der Waals surface area contributed by atoms with E-state index in [2.05, 4.69) is 20.0 Å². The molecule has 0 unspecified atom stereocenters. The van der Waals surface area contributed by atoms with E-state index in [-0.39, 0.29) is 5.69 Å². The van der Waals surface area contributed by atoms with E-state index < -0.39 is 5.97 Å². The molecule has 5 nitrogen and oxygen atoms in total. The number of hydrogen-bond donors (Lipinski definition) is 1. The molecule has 0 saturated heterocycles. The lowest BCUT2D eigenvalue weighted by atomic mass is 10.4. The van der Waals surface area contributed by atoms with E-state index in [4.69, 9.17) is 0 Å². The Morgan fingerprint density at radius 3 is 2.77 bits per heavy atom. The molecule has 0 bridgehead atoms. The Kier molecular flexibility index (Phi) is 2.79. The van der Waals surface area contributed by atoms with Crippen LogP contribution in [-0.4, -0.2) is 30.1 Å². The fraction of sp³-hybridized carbons (Fsp3) is 0.375. The van der Waals surface area contributed by atoms with Crippen LogP contribution in [0.25, 0.3) is 0 Å². The Morgan fingerprint density at radius 1 is 1.54 bits per heavy atom. The number of anilines is 1. The van der Waals surface area contributed by atoms with Gasteiger partial charge in [0.2, 0.25) is 0 Å². The quantitative estimate of drug-likeness (QED) is 0.677. The van der Waals surface area contributed by atoms with Crippen molar-refractivity contribution in [2.24, 2.45) is 0 Å². The van der Waals surface area contributed by atoms with Gasteiger partial charge in [0.25, 0.3) is 0 Å². The molecule has 1 heterocycles. The summed E-state index contributed by atoms with van der Waals surface area (Å²) in [5, 5.41) is 2.83. The molecule has 0 fully saturated rings. The normalized spacial score (nSPS) is 9.46. The summed E-state index contributed by atoms with van der Waals surface area (Å²) in [6.45, 7) is 1.72. The molecule has 1 aromatic rings. The minimum atomic E-state index is -0.456. The molecule has 1 rings (SSSR count). The SMILES string of the molecule is CNc1cc(C(=O)OC)nc(C)n1. The lowest BCUT2D eigenvalue weighted by molar-refractivity contribution is 0.0593. The Hall–Kier alpha value is -1.65. The van der Waals surface area contributed by atoms with Gasteiger partial charge >= 0.3 is 5.97 Å². The van der Waals surface area contributed by atoms with Crippen LogP contribution in [0, 0.1) is 6.92 Å². The number of ether oxygens (including phenoxy) is 1. The van der Waals surface area contributed by atoms with Gasteiger partial charge in [0, 0.05) is 13.1 Å². The molecule has 5 heteroatoms. The maximum absolute atomic E-state index is 11.1. The fourth-order valence-electron chi connectivity index (χ4n) is 0.905. The van der Waals surface area contributed by atoms with Crippen molar-refractivity contribution in [3.8, 4) is 0 Å². The van der Waals surface area contributed by atoms with E-state index in [9.17, 15) is 4.79 Å². The zero-order valence-electron chi connectivity index (χ0n) is 7.79. The Morgan fingerprint density at radius 2 is 2.23 bits per heavy atom. The predicted octanol–water partition coefficient (Wildman–Crippen LogP) is 0.613. The van der Waals surface area contributed by atoms with Crippen molar-refractivity contribution in [2.45, 2.75) is 6.92 Å². The van der Waals surface area contributed by atoms with Crippen molar-refractivity contribution in [3.63, 3.8) is 0 Å². The number of methoxy groups -OCH3 is 1. The van der Waals surface area contributed by atoms with Gasteiger partial charge in [0.1, 0.15) is 11.6 Å². The van der Waals surface area contributed by atoms with Crippen LogP contribution in [0.2, 0.25) is 0 Å². The van der Waals surface area contributed by atoms with Crippen LogP contribution in [-0.2, 0) is 4.74 Å². The number of hydrogen-bond acceptors (Lipinski definition) is 5.